The van der Waals surface area contributed by atoms with Gasteiger partial charge >= 0.3 is 0 Å². The molecule has 0 atom stereocenters. The average Bonchev–Trinajstić information content (AvgIpc) is 3.05. The standard InChI is InChI=1S/C21H22N4O3S/c22-21-25(28)18(14-29-21)12-20(27)24-17-8-6-15(7-9-17)10-11-23-13-19(26)16-4-2-1-3-5-16/h1-9,14,22-23,28H,10-13H2,(H,24,27). The molecule has 0 aliphatic carbocycles. The molecule has 1 amide bonds. The molecule has 0 saturated carbocycles. The number of hydrogen-bond acceptors (Lipinski definition) is 6. The smallest absolute Gasteiger partial charge is 0.230 e. The number of Topliss-reactive ketones (excluding diaryl/α,β-unsaturated/α-hetero) is 1. The topological polar surface area (TPSA) is 107 Å². The molecule has 0 radical (unpaired) electrons. The monoisotopic (exact) mass is 410 g/mol. The molecule has 0 unspecified atom stereocenters. The second-order valence-electron chi connectivity index (χ2n) is 6.48. The predicted octanol–water partition coefficient (Wildman–Crippen LogP) is 2.46. The van der Waals surface area contributed by atoms with Crippen LogP contribution in [-0.4, -0.2) is 34.7 Å². The van der Waals surface area contributed by atoms with Gasteiger partial charge in [0.1, 0.15) is 0 Å². The zero-order valence-corrected chi connectivity index (χ0v) is 16.5. The van der Waals surface area contributed by atoms with Gasteiger partial charge in [0.15, 0.2) is 5.78 Å². The molecule has 2 aromatic carbocycles. The largest absolute Gasteiger partial charge is 0.426 e. The number of rotatable bonds is 9. The molecular weight excluding hydrogens is 388 g/mol. The summed E-state index contributed by atoms with van der Waals surface area (Å²) in [6.45, 7) is 0.972. The minimum absolute atomic E-state index is 0.00695. The second kappa shape index (κ2) is 9.81. The molecule has 1 heterocycles. The van der Waals surface area contributed by atoms with Crippen molar-refractivity contribution < 1.29 is 14.8 Å². The highest BCUT2D eigenvalue weighted by atomic mass is 32.1. The van der Waals surface area contributed by atoms with E-state index in [4.69, 9.17) is 5.41 Å². The molecule has 7 nitrogen and oxygen atoms in total. The van der Waals surface area contributed by atoms with Crippen molar-refractivity contribution >= 4 is 28.7 Å². The number of thiazole rings is 1. The zero-order chi connectivity index (χ0) is 20.6. The van der Waals surface area contributed by atoms with Crippen LogP contribution in [-0.2, 0) is 17.6 Å². The number of anilines is 1. The number of carbonyl (C=O) groups is 2. The van der Waals surface area contributed by atoms with Crippen LogP contribution < -0.4 is 15.4 Å². The van der Waals surface area contributed by atoms with Crippen molar-refractivity contribution in [1.82, 2.24) is 10.0 Å². The third kappa shape index (κ3) is 5.87. The van der Waals surface area contributed by atoms with E-state index in [0.29, 0.717) is 34.8 Å². The van der Waals surface area contributed by atoms with Gasteiger partial charge in [-0.05, 0) is 30.7 Å². The number of carbonyl (C=O) groups excluding carboxylic acids is 2. The summed E-state index contributed by atoms with van der Waals surface area (Å²) in [7, 11) is 0. The maximum Gasteiger partial charge on any atom is 0.230 e. The minimum atomic E-state index is -0.264. The first kappa shape index (κ1) is 20.5. The predicted molar refractivity (Wildman–Crippen MR) is 111 cm³/mol. The van der Waals surface area contributed by atoms with E-state index in [2.05, 4.69) is 10.6 Å². The van der Waals surface area contributed by atoms with Crippen LogP contribution >= 0.6 is 11.3 Å². The molecule has 150 valence electrons. The summed E-state index contributed by atoms with van der Waals surface area (Å²) in [5, 5.41) is 24.6. The minimum Gasteiger partial charge on any atom is -0.426 e. The van der Waals surface area contributed by atoms with Crippen LogP contribution in [0.4, 0.5) is 5.69 Å². The lowest BCUT2D eigenvalue weighted by Crippen LogP contribution is -2.25. The summed E-state index contributed by atoms with van der Waals surface area (Å²) in [4.78, 5) is 24.1. The highest BCUT2D eigenvalue weighted by molar-refractivity contribution is 7.07. The van der Waals surface area contributed by atoms with Crippen molar-refractivity contribution in [2.45, 2.75) is 12.8 Å². The molecule has 0 spiro atoms. The Morgan fingerprint density at radius 1 is 1.07 bits per heavy atom. The van der Waals surface area contributed by atoms with Gasteiger partial charge in [-0.2, -0.15) is 4.73 Å². The highest BCUT2D eigenvalue weighted by Gasteiger charge is 2.10. The fourth-order valence-electron chi connectivity index (χ4n) is 2.76. The lowest BCUT2D eigenvalue weighted by atomic mass is 10.1. The van der Waals surface area contributed by atoms with Gasteiger partial charge in [0.05, 0.1) is 18.7 Å². The lowest BCUT2D eigenvalue weighted by Gasteiger charge is -2.08. The van der Waals surface area contributed by atoms with E-state index < -0.39 is 0 Å². The summed E-state index contributed by atoms with van der Waals surface area (Å²) in [6.07, 6.45) is 0.759. The molecule has 0 aliphatic heterocycles. The Labute approximate surface area is 172 Å². The van der Waals surface area contributed by atoms with Crippen LogP contribution in [0.2, 0.25) is 0 Å². The first-order chi connectivity index (χ1) is 14.0. The fraction of sp³-hybridized carbons (Fsp3) is 0.190. The third-order valence-corrected chi connectivity index (χ3v) is 5.11. The van der Waals surface area contributed by atoms with Gasteiger partial charge in [0.2, 0.25) is 10.7 Å². The van der Waals surface area contributed by atoms with Crippen LogP contribution in [0.5, 0.6) is 0 Å². The van der Waals surface area contributed by atoms with Gasteiger partial charge in [-0.1, -0.05) is 42.5 Å². The summed E-state index contributed by atoms with van der Waals surface area (Å²) in [6, 6.07) is 16.7. The zero-order valence-electron chi connectivity index (χ0n) is 15.7. The molecule has 0 saturated heterocycles. The Morgan fingerprint density at radius 3 is 2.45 bits per heavy atom. The molecule has 3 aromatic rings. The molecular formula is C21H22N4O3S. The van der Waals surface area contributed by atoms with E-state index in [-0.39, 0.29) is 22.9 Å². The number of nitrogens with one attached hydrogen (secondary N) is 3. The quantitative estimate of drug-likeness (QED) is 0.247. The van der Waals surface area contributed by atoms with Gasteiger partial charge in [-0.3, -0.25) is 15.0 Å². The molecule has 3 rings (SSSR count). The van der Waals surface area contributed by atoms with E-state index in [1.54, 1.807) is 17.5 Å². The van der Waals surface area contributed by atoms with Crippen molar-refractivity contribution in [3.63, 3.8) is 0 Å². The van der Waals surface area contributed by atoms with Crippen molar-refractivity contribution in [3.8, 4) is 0 Å². The first-order valence-corrected chi connectivity index (χ1v) is 10.0. The molecule has 0 aliphatic rings. The molecule has 4 N–H and O–H groups in total. The van der Waals surface area contributed by atoms with Gasteiger partial charge in [0.25, 0.3) is 0 Å². The molecule has 0 bridgehead atoms. The maximum absolute atomic E-state index is 12.1. The normalized spacial score (nSPS) is 10.6. The Hall–Kier alpha value is -3.23. The van der Waals surface area contributed by atoms with E-state index in [1.807, 2.05) is 42.5 Å². The van der Waals surface area contributed by atoms with Crippen LogP contribution in [0.1, 0.15) is 21.6 Å². The Balaban J connectivity index is 1.41. The van der Waals surface area contributed by atoms with Gasteiger partial charge in [0, 0.05) is 16.6 Å². The lowest BCUT2D eigenvalue weighted by molar-refractivity contribution is -0.115. The van der Waals surface area contributed by atoms with E-state index in [9.17, 15) is 14.8 Å². The maximum atomic E-state index is 12.1. The fourth-order valence-corrected chi connectivity index (χ4v) is 3.40. The van der Waals surface area contributed by atoms with Crippen molar-refractivity contribution in [2.24, 2.45) is 0 Å². The van der Waals surface area contributed by atoms with Crippen molar-refractivity contribution in [3.05, 3.63) is 81.6 Å². The number of benzene rings is 2. The molecule has 0 fully saturated rings. The van der Waals surface area contributed by atoms with Gasteiger partial charge < -0.3 is 15.8 Å². The number of nitrogens with zero attached hydrogens (tertiary/aromatic N) is 1. The van der Waals surface area contributed by atoms with Crippen LogP contribution in [0, 0.1) is 5.41 Å². The average molecular weight is 410 g/mol. The summed E-state index contributed by atoms with van der Waals surface area (Å²) < 4.78 is 0.711. The van der Waals surface area contributed by atoms with E-state index >= 15 is 0 Å². The van der Waals surface area contributed by atoms with Crippen LogP contribution in [0.3, 0.4) is 0 Å². The number of amides is 1. The highest BCUT2D eigenvalue weighted by Crippen LogP contribution is 2.11. The van der Waals surface area contributed by atoms with Crippen molar-refractivity contribution in [2.75, 3.05) is 18.4 Å². The first-order valence-electron chi connectivity index (χ1n) is 9.14. The van der Waals surface area contributed by atoms with E-state index in [1.165, 1.54) is 0 Å². The number of hydrogen-bond donors (Lipinski definition) is 4. The van der Waals surface area contributed by atoms with Crippen LogP contribution in [0.15, 0.2) is 60.0 Å². The molecule has 1 aromatic heterocycles. The summed E-state index contributed by atoms with van der Waals surface area (Å²) in [5.41, 5.74) is 2.84. The van der Waals surface area contributed by atoms with E-state index in [0.717, 1.165) is 23.3 Å². The summed E-state index contributed by atoms with van der Waals surface area (Å²) >= 11 is 1.06. The SMILES string of the molecule is N=c1scc(CC(=O)Nc2ccc(CCNCC(=O)c3ccccc3)cc2)n1O. The Morgan fingerprint density at radius 2 is 1.79 bits per heavy atom. The Bertz CT molecular complexity index is 1030. The molecule has 29 heavy (non-hydrogen) atoms. The van der Waals surface area contributed by atoms with Crippen LogP contribution in [0.25, 0.3) is 0 Å². The Kier molecular flexibility index (Phi) is 6.94. The van der Waals surface area contributed by atoms with Gasteiger partial charge in [-0.15, -0.1) is 11.3 Å². The third-order valence-electron chi connectivity index (χ3n) is 4.32. The molecule has 8 heteroatoms. The number of aromatic nitrogens is 1. The summed E-state index contributed by atoms with van der Waals surface area (Å²) in [5.74, 6) is -0.199. The number of ketones is 1. The van der Waals surface area contributed by atoms with Crippen molar-refractivity contribution in [1.29, 1.82) is 5.41 Å². The van der Waals surface area contributed by atoms with Gasteiger partial charge in [-0.25, -0.2) is 0 Å². The second-order valence-corrected chi connectivity index (χ2v) is 7.34.